The average Bonchev–Trinajstić information content (AvgIpc) is 2.70. The Labute approximate surface area is 191 Å². The van der Waals surface area contributed by atoms with Crippen LogP contribution in [0.4, 0.5) is 11.4 Å². The average molecular weight is 479 g/mol. The molecule has 162 valence electrons. The number of anilines is 2. The van der Waals surface area contributed by atoms with Crippen LogP contribution >= 0.6 is 23.2 Å². The van der Waals surface area contributed by atoms with E-state index in [0.29, 0.717) is 16.4 Å². The highest BCUT2D eigenvalue weighted by atomic mass is 35.5. The Balaban J connectivity index is 1.64. The Morgan fingerprint density at radius 2 is 1.68 bits per heavy atom. The molecule has 0 aromatic heterocycles. The first kappa shape index (κ1) is 22.9. The molecule has 0 heterocycles. The second-order valence-corrected chi connectivity index (χ2v) is 9.39. The fraction of sp³-hybridized carbons (Fsp3) is 0.136. The molecule has 0 aliphatic rings. The van der Waals surface area contributed by atoms with Gasteiger partial charge in [-0.25, -0.2) is 8.42 Å². The molecular formula is C22H20Cl2N2O4S. The van der Waals surface area contributed by atoms with Crippen LogP contribution in [0, 0.1) is 13.8 Å². The van der Waals surface area contributed by atoms with Crippen molar-refractivity contribution in [1.82, 2.24) is 0 Å². The molecule has 0 fully saturated rings. The topological polar surface area (TPSA) is 84.5 Å². The zero-order chi connectivity index (χ0) is 22.6. The van der Waals surface area contributed by atoms with Crippen LogP contribution in [-0.4, -0.2) is 20.9 Å². The lowest BCUT2D eigenvalue weighted by Gasteiger charge is -2.12. The molecule has 0 unspecified atom stereocenters. The predicted molar refractivity (Wildman–Crippen MR) is 124 cm³/mol. The van der Waals surface area contributed by atoms with Gasteiger partial charge in [0, 0.05) is 16.4 Å². The zero-order valence-electron chi connectivity index (χ0n) is 16.8. The van der Waals surface area contributed by atoms with Crippen LogP contribution in [0.3, 0.4) is 0 Å². The van der Waals surface area contributed by atoms with Crippen LogP contribution in [0.25, 0.3) is 0 Å². The van der Waals surface area contributed by atoms with Crippen LogP contribution in [0.5, 0.6) is 5.75 Å². The molecule has 2 N–H and O–H groups in total. The van der Waals surface area contributed by atoms with E-state index >= 15 is 0 Å². The third kappa shape index (κ3) is 6.13. The maximum atomic E-state index is 12.6. The molecule has 0 bridgehead atoms. The van der Waals surface area contributed by atoms with Gasteiger partial charge in [-0.2, -0.15) is 0 Å². The number of benzene rings is 3. The van der Waals surface area contributed by atoms with Gasteiger partial charge < -0.3 is 10.1 Å². The van der Waals surface area contributed by atoms with Crippen LogP contribution in [0.2, 0.25) is 10.0 Å². The van der Waals surface area contributed by atoms with E-state index in [1.54, 1.807) is 42.5 Å². The molecule has 0 spiro atoms. The summed E-state index contributed by atoms with van der Waals surface area (Å²) >= 11 is 12.1. The van der Waals surface area contributed by atoms with Gasteiger partial charge >= 0.3 is 0 Å². The van der Waals surface area contributed by atoms with Gasteiger partial charge in [0.15, 0.2) is 6.61 Å². The number of amides is 1. The Bertz CT molecular complexity index is 1210. The van der Waals surface area contributed by atoms with E-state index in [1.165, 1.54) is 18.2 Å². The Kier molecular flexibility index (Phi) is 7.10. The number of aryl methyl sites for hydroxylation is 2. The lowest BCUT2D eigenvalue weighted by molar-refractivity contribution is -0.118. The van der Waals surface area contributed by atoms with Crippen molar-refractivity contribution in [2.45, 2.75) is 18.7 Å². The largest absolute Gasteiger partial charge is 0.482 e. The molecule has 31 heavy (non-hydrogen) atoms. The Morgan fingerprint density at radius 3 is 2.32 bits per heavy atom. The monoisotopic (exact) mass is 478 g/mol. The molecule has 0 aliphatic carbocycles. The van der Waals surface area contributed by atoms with Crippen molar-refractivity contribution < 1.29 is 17.9 Å². The Morgan fingerprint density at radius 1 is 0.968 bits per heavy atom. The number of hydrogen-bond donors (Lipinski definition) is 2. The third-order valence-electron chi connectivity index (χ3n) is 4.34. The van der Waals surface area contributed by atoms with E-state index in [4.69, 9.17) is 27.9 Å². The van der Waals surface area contributed by atoms with Crippen LogP contribution < -0.4 is 14.8 Å². The lowest BCUT2D eigenvalue weighted by atomic mass is 10.2. The molecule has 3 aromatic carbocycles. The van der Waals surface area contributed by atoms with Crippen LogP contribution in [0.15, 0.2) is 65.6 Å². The summed E-state index contributed by atoms with van der Waals surface area (Å²) in [5.74, 6) is -0.196. The first-order valence-electron chi connectivity index (χ1n) is 9.22. The van der Waals surface area contributed by atoms with Gasteiger partial charge in [-0.1, -0.05) is 40.9 Å². The smallest absolute Gasteiger partial charge is 0.262 e. The number of nitrogens with one attached hydrogen (secondary N) is 2. The number of ether oxygens (including phenoxy) is 1. The summed E-state index contributed by atoms with van der Waals surface area (Å²) in [6.07, 6.45) is 0. The van der Waals surface area contributed by atoms with E-state index in [9.17, 15) is 13.2 Å². The Hall–Kier alpha value is -2.74. The number of halogens is 2. The molecule has 0 atom stereocenters. The summed E-state index contributed by atoms with van der Waals surface area (Å²) in [4.78, 5) is 12.1. The molecule has 0 aliphatic heterocycles. The summed E-state index contributed by atoms with van der Waals surface area (Å²) in [6, 6.07) is 16.1. The van der Waals surface area contributed by atoms with Crippen molar-refractivity contribution in [3.63, 3.8) is 0 Å². The van der Waals surface area contributed by atoms with Crippen LogP contribution in [-0.2, 0) is 14.8 Å². The fourth-order valence-electron chi connectivity index (χ4n) is 2.70. The van der Waals surface area contributed by atoms with E-state index in [2.05, 4.69) is 10.0 Å². The van der Waals surface area contributed by atoms with Gasteiger partial charge in [0.25, 0.3) is 15.9 Å². The second-order valence-electron chi connectivity index (χ2n) is 6.86. The number of carbonyl (C=O) groups is 1. The van der Waals surface area contributed by atoms with Gasteiger partial charge in [0.05, 0.1) is 9.92 Å². The van der Waals surface area contributed by atoms with Gasteiger partial charge in [0.1, 0.15) is 5.75 Å². The number of rotatable bonds is 7. The highest BCUT2D eigenvalue weighted by molar-refractivity contribution is 7.92. The molecule has 0 radical (unpaired) electrons. The van der Waals surface area contributed by atoms with Gasteiger partial charge in [-0.15, -0.1) is 0 Å². The van der Waals surface area contributed by atoms with Crippen molar-refractivity contribution in [2.24, 2.45) is 0 Å². The summed E-state index contributed by atoms with van der Waals surface area (Å²) in [7, 11) is -3.83. The van der Waals surface area contributed by atoms with E-state index in [0.717, 1.165) is 11.1 Å². The summed E-state index contributed by atoms with van der Waals surface area (Å²) in [5.41, 5.74) is 2.89. The van der Waals surface area contributed by atoms with E-state index in [1.807, 2.05) is 13.8 Å². The predicted octanol–water partition coefficient (Wildman–Crippen LogP) is 5.43. The first-order valence-corrected chi connectivity index (χ1v) is 11.5. The molecule has 0 saturated carbocycles. The normalized spacial score (nSPS) is 11.1. The number of carbonyl (C=O) groups excluding carboxylic acids is 1. The number of hydrogen-bond acceptors (Lipinski definition) is 4. The maximum absolute atomic E-state index is 12.6. The summed E-state index contributed by atoms with van der Waals surface area (Å²) in [5, 5.41) is 3.37. The molecular weight excluding hydrogens is 459 g/mol. The molecule has 6 nitrogen and oxygen atoms in total. The summed E-state index contributed by atoms with van der Waals surface area (Å²) < 4.78 is 33.1. The minimum atomic E-state index is -3.83. The number of sulfonamides is 1. The summed E-state index contributed by atoms with van der Waals surface area (Å²) in [6.45, 7) is 3.44. The highest BCUT2D eigenvalue weighted by Gasteiger charge is 2.17. The second kappa shape index (κ2) is 9.60. The molecule has 0 saturated heterocycles. The fourth-order valence-corrected chi connectivity index (χ4v) is 4.31. The van der Waals surface area contributed by atoms with Crippen LogP contribution in [0.1, 0.15) is 11.1 Å². The zero-order valence-corrected chi connectivity index (χ0v) is 19.1. The maximum Gasteiger partial charge on any atom is 0.262 e. The van der Waals surface area contributed by atoms with Crippen molar-refractivity contribution >= 4 is 50.5 Å². The molecule has 1 amide bonds. The van der Waals surface area contributed by atoms with Gasteiger partial charge in [-0.05, 0) is 67.9 Å². The van der Waals surface area contributed by atoms with E-state index < -0.39 is 10.0 Å². The minimum Gasteiger partial charge on any atom is -0.482 e. The van der Waals surface area contributed by atoms with Gasteiger partial charge in [-0.3, -0.25) is 9.52 Å². The lowest BCUT2D eigenvalue weighted by Crippen LogP contribution is -2.20. The molecule has 3 rings (SSSR count). The van der Waals surface area contributed by atoms with Crippen molar-refractivity contribution in [3.05, 3.63) is 81.8 Å². The van der Waals surface area contributed by atoms with Gasteiger partial charge in [0.2, 0.25) is 0 Å². The standard InChI is InChI=1S/C22H20Cl2N2O4S/c1-14-3-6-17(7-4-14)26-31(28,29)18-8-10-21(19(24)12-18)30-13-22(27)25-20-9-5-16(23)11-15(20)2/h3-12,26H,13H2,1-2H3,(H,25,27). The first-order chi connectivity index (χ1) is 14.6. The SMILES string of the molecule is Cc1ccc(NS(=O)(=O)c2ccc(OCC(=O)Nc3ccc(Cl)cc3C)c(Cl)c2)cc1. The quantitative estimate of drug-likeness (QED) is 0.474. The molecule has 3 aromatic rings. The van der Waals surface area contributed by atoms with Crippen molar-refractivity contribution in [1.29, 1.82) is 0 Å². The molecule has 9 heteroatoms. The highest BCUT2D eigenvalue weighted by Crippen LogP contribution is 2.28. The third-order valence-corrected chi connectivity index (χ3v) is 6.25. The van der Waals surface area contributed by atoms with Crippen molar-refractivity contribution in [3.8, 4) is 5.75 Å². The minimum absolute atomic E-state index is 0.0216. The van der Waals surface area contributed by atoms with E-state index in [-0.39, 0.29) is 28.2 Å². The van der Waals surface area contributed by atoms with Crippen molar-refractivity contribution in [2.75, 3.05) is 16.6 Å².